The number of unbranched alkanes of at least 4 members (excludes halogenated alkanes) is 9. The zero-order valence-corrected chi connectivity index (χ0v) is 20.6. The first kappa shape index (κ1) is 29.1. The summed E-state index contributed by atoms with van der Waals surface area (Å²) in [6, 6.07) is 0. The second-order valence-electron chi connectivity index (χ2n) is 8.70. The Bertz CT molecular complexity index is 392. The van der Waals surface area contributed by atoms with Crippen LogP contribution in [-0.2, 0) is 18.9 Å². The van der Waals surface area contributed by atoms with Crippen LogP contribution in [-0.4, -0.2) is 44.0 Å². The first-order chi connectivity index (χ1) is 14.3. The second kappa shape index (κ2) is 17.8. The van der Waals surface area contributed by atoms with Crippen LogP contribution in [0.1, 0.15) is 112 Å². The van der Waals surface area contributed by atoms with Gasteiger partial charge in [-0.3, -0.25) is 0 Å². The highest BCUT2D eigenvalue weighted by molar-refractivity contribution is 5.67. The van der Waals surface area contributed by atoms with Gasteiger partial charge in [0.25, 0.3) is 5.97 Å². The lowest BCUT2D eigenvalue weighted by molar-refractivity contribution is -0.380. The zero-order valence-electron chi connectivity index (χ0n) is 20.6. The molecular weight excluding hydrogens is 382 g/mol. The van der Waals surface area contributed by atoms with Crippen molar-refractivity contribution < 1.29 is 23.7 Å². The molecule has 0 heterocycles. The Morgan fingerprint density at radius 2 is 1.07 bits per heavy atom. The molecule has 1 N–H and O–H groups in total. The monoisotopic (exact) mass is 431 g/mol. The summed E-state index contributed by atoms with van der Waals surface area (Å²) < 4.78 is 22.5. The molecule has 0 aromatic heterocycles. The normalized spacial score (nSPS) is 12.2. The molecule has 0 saturated heterocycles. The lowest BCUT2D eigenvalue weighted by atomic mass is 10.1. The number of ether oxygens (including phenoxy) is 4. The molecular formula is C24H49NO5. The number of amides is 1. The van der Waals surface area contributed by atoms with Gasteiger partial charge < -0.3 is 24.3 Å². The van der Waals surface area contributed by atoms with Crippen LogP contribution in [0.25, 0.3) is 0 Å². The quantitative estimate of drug-likeness (QED) is 0.185. The summed E-state index contributed by atoms with van der Waals surface area (Å²) in [5, 5.41) is 2.82. The number of hydrogen-bond donors (Lipinski definition) is 1. The van der Waals surface area contributed by atoms with Gasteiger partial charge in [-0.25, -0.2) is 4.79 Å². The van der Waals surface area contributed by atoms with Gasteiger partial charge in [0.2, 0.25) is 0 Å². The molecule has 0 unspecified atom stereocenters. The van der Waals surface area contributed by atoms with E-state index in [0.29, 0.717) is 26.4 Å². The Balaban J connectivity index is 3.58. The van der Waals surface area contributed by atoms with Crippen molar-refractivity contribution in [3.63, 3.8) is 0 Å². The van der Waals surface area contributed by atoms with Gasteiger partial charge in [0.1, 0.15) is 5.60 Å². The van der Waals surface area contributed by atoms with E-state index in [1.807, 2.05) is 41.5 Å². The van der Waals surface area contributed by atoms with Gasteiger partial charge in [0.15, 0.2) is 0 Å². The first-order valence-corrected chi connectivity index (χ1v) is 12.2. The molecule has 0 spiro atoms. The molecule has 0 aromatic rings. The average molecular weight is 432 g/mol. The van der Waals surface area contributed by atoms with E-state index < -0.39 is 11.6 Å². The smallest absolute Gasteiger partial charge is 0.407 e. The molecule has 30 heavy (non-hydrogen) atoms. The SMILES string of the molecule is CCOC(CCCCCCCCCCCCNC(=O)OC(C)(C)C)(OCC)OCC. The molecule has 0 radical (unpaired) electrons. The molecule has 0 saturated carbocycles. The van der Waals surface area contributed by atoms with E-state index in [2.05, 4.69) is 5.32 Å². The van der Waals surface area contributed by atoms with E-state index in [1.54, 1.807) is 0 Å². The molecule has 0 aromatic carbocycles. The summed E-state index contributed by atoms with van der Waals surface area (Å²) in [6.45, 7) is 14.0. The van der Waals surface area contributed by atoms with E-state index in [9.17, 15) is 4.79 Å². The number of nitrogens with one attached hydrogen (secondary N) is 1. The van der Waals surface area contributed by atoms with Crippen LogP contribution in [0.2, 0.25) is 0 Å². The molecule has 0 aliphatic rings. The van der Waals surface area contributed by atoms with Crippen LogP contribution in [0.5, 0.6) is 0 Å². The highest BCUT2D eigenvalue weighted by Gasteiger charge is 2.31. The van der Waals surface area contributed by atoms with Crippen LogP contribution in [0.15, 0.2) is 0 Å². The van der Waals surface area contributed by atoms with E-state index in [-0.39, 0.29) is 6.09 Å². The predicted molar refractivity (Wildman–Crippen MR) is 123 cm³/mol. The van der Waals surface area contributed by atoms with Gasteiger partial charge in [-0.1, -0.05) is 51.4 Å². The third-order valence-corrected chi connectivity index (χ3v) is 4.67. The lowest BCUT2D eigenvalue weighted by Crippen LogP contribution is -2.39. The van der Waals surface area contributed by atoms with Crippen molar-refractivity contribution >= 4 is 6.09 Å². The molecule has 1 amide bonds. The molecule has 6 nitrogen and oxygen atoms in total. The topological polar surface area (TPSA) is 66.0 Å². The van der Waals surface area contributed by atoms with Crippen LogP contribution in [0.3, 0.4) is 0 Å². The summed E-state index contributed by atoms with van der Waals surface area (Å²) in [5.74, 6) is -0.851. The third-order valence-electron chi connectivity index (χ3n) is 4.67. The van der Waals surface area contributed by atoms with E-state index >= 15 is 0 Å². The number of alkyl carbamates (subject to hydrolysis) is 1. The molecule has 180 valence electrons. The molecule has 0 fully saturated rings. The fourth-order valence-corrected chi connectivity index (χ4v) is 3.39. The molecule has 0 aliphatic carbocycles. The van der Waals surface area contributed by atoms with Crippen LogP contribution in [0.4, 0.5) is 4.79 Å². The third kappa shape index (κ3) is 16.9. The fraction of sp³-hybridized carbons (Fsp3) is 0.958. The summed E-state index contributed by atoms with van der Waals surface area (Å²) in [7, 11) is 0. The van der Waals surface area contributed by atoms with Gasteiger partial charge in [0.05, 0.1) is 0 Å². The summed E-state index contributed by atoms with van der Waals surface area (Å²) in [5.41, 5.74) is -0.428. The largest absolute Gasteiger partial charge is 0.444 e. The standard InChI is InChI=1S/C24H49NO5/c1-7-27-24(28-8-2,29-9-3)20-18-16-14-12-10-11-13-15-17-19-21-25-22(26)30-23(4,5)6/h7-21H2,1-6H3,(H,25,26). The summed E-state index contributed by atoms with van der Waals surface area (Å²) >= 11 is 0. The predicted octanol–water partition coefficient (Wildman–Crippen LogP) is 6.57. The molecule has 0 rings (SSSR count). The highest BCUT2D eigenvalue weighted by atomic mass is 16.9. The number of hydrogen-bond acceptors (Lipinski definition) is 5. The highest BCUT2D eigenvalue weighted by Crippen LogP contribution is 2.24. The lowest BCUT2D eigenvalue weighted by Gasteiger charge is -2.32. The minimum absolute atomic E-state index is 0.316. The molecule has 0 aliphatic heterocycles. The van der Waals surface area contributed by atoms with Gasteiger partial charge in [-0.15, -0.1) is 0 Å². The number of rotatable bonds is 19. The second-order valence-corrected chi connectivity index (χ2v) is 8.70. The van der Waals surface area contributed by atoms with Gasteiger partial charge in [-0.05, 0) is 54.4 Å². The maximum absolute atomic E-state index is 11.5. The van der Waals surface area contributed by atoms with E-state index in [4.69, 9.17) is 18.9 Å². The van der Waals surface area contributed by atoms with Crippen molar-refractivity contribution in [2.24, 2.45) is 0 Å². The fourth-order valence-electron chi connectivity index (χ4n) is 3.39. The van der Waals surface area contributed by atoms with Crippen LogP contribution in [0, 0.1) is 0 Å². The zero-order chi connectivity index (χ0) is 22.7. The van der Waals surface area contributed by atoms with Crippen molar-refractivity contribution in [1.82, 2.24) is 5.32 Å². The van der Waals surface area contributed by atoms with Crippen molar-refractivity contribution in [2.45, 2.75) is 124 Å². The summed E-state index contributed by atoms with van der Waals surface area (Å²) in [4.78, 5) is 11.5. The van der Waals surface area contributed by atoms with Crippen molar-refractivity contribution in [3.05, 3.63) is 0 Å². The van der Waals surface area contributed by atoms with Crippen LogP contribution < -0.4 is 5.32 Å². The minimum atomic E-state index is -0.851. The van der Waals surface area contributed by atoms with Crippen LogP contribution >= 0.6 is 0 Å². The average Bonchev–Trinajstić information content (AvgIpc) is 2.64. The van der Waals surface area contributed by atoms with Crippen molar-refractivity contribution in [1.29, 1.82) is 0 Å². The van der Waals surface area contributed by atoms with E-state index in [1.165, 1.54) is 44.9 Å². The number of carbonyl (C=O) groups is 1. The van der Waals surface area contributed by atoms with Crippen molar-refractivity contribution in [2.75, 3.05) is 26.4 Å². The Hall–Kier alpha value is -0.850. The Labute approximate surface area is 185 Å². The van der Waals surface area contributed by atoms with E-state index in [0.717, 1.165) is 25.7 Å². The number of carbonyl (C=O) groups excluding carboxylic acids is 1. The van der Waals surface area contributed by atoms with Crippen molar-refractivity contribution in [3.8, 4) is 0 Å². The maximum Gasteiger partial charge on any atom is 0.407 e. The van der Waals surface area contributed by atoms with Gasteiger partial charge in [-0.2, -0.15) is 0 Å². The van der Waals surface area contributed by atoms with Gasteiger partial charge in [0, 0.05) is 32.8 Å². The Kier molecular flexibility index (Phi) is 17.3. The molecule has 6 heteroatoms. The summed E-state index contributed by atoms with van der Waals surface area (Å²) in [6.07, 6.45) is 12.5. The molecule has 0 bridgehead atoms. The minimum Gasteiger partial charge on any atom is -0.444 e. The Morgan fingerprint density at radius 1 is 0.667 bits per heavy atom. The van der Waals surface area contributed by atoms with Gasteiger partial charge >= 0.3 is 6.09 Å². The Morgan fingerprint density at radius 3 is 1.47 bits per heavy atom. The molecule has 0 atom stereocenters. The maximum atomic E-state index is 11.5. The first-order valence-electron chi connectivity index (χ1n) is 12.2.